The Morgan fingerprint density at radius 2 is 1.74 bits per heavy atom. The normalized spacial score (nSPS) is 11.1. The average Bonchev–Trinajstić information content (AvgIpc) is 2.43. The summed E-state index contributed by atoms with van der Waals surface area (Å²) < 4.78 is 2.20. The Morgan fingerprint density at radius 1 is 0.947 bits per heavy atom. The monoisotopic (exact) mass is 374 g/mol. The van der Waals surface area contributed by atoms with Crippen LogP contribution >= 0.6 is 31.9 Å². The van der Waals surface area contributed by atoms with Crippen molar-refractivity contribution in [2.24, 2.45) is 0 Å². The Hall–Kier alpha value is -1.12. The van der Waals surface area contributed by atoms with Gasteiger partial charge in [0.25, 0.3) is 0 Å². The van der Waals surface area contributed by atoms with Crippen molar-refractivity contribution < 1.29 is 0 Å². The van der Waals surface area contributed by atoms with E-state index in [1.165, 1.54) is 27.1 Å². The number of fused-ring (bicyclic) bond motifs is 2. The molecule has 0 N–H and O–H groups in total. The Labute approximate surface area is 129 Å². The van der Waals surface area contributed by atoms with Gasteiger partial charge in [-0.2, -0.15) is 0 Å². The van der Waals surface area contributed by atoms with Crippen LogP contribution < -0.4 is 0 Å². The van der Waals surface area contributed by atoms with Crippen molar-refractivity contribution in [3.8, 4) is 0 Å². The van der Waals surface area contributed by atoms with Gasteiger partial charge >= 0.3 is 0 Å². The Kier molecular flexibility index (Phi) is 3.46. The van der Waals surface area contributed by atoms with Crippen LogP contribution in [0, 0.1) is 0 Å². The van der Waals surface area contributed by atoms with Gasteiger partial charge < -0.3 is 0 Å². The van der Waals surface area contributed by atoms with Crippen LogP contribution in [-0.2, 0) is 6.42 Å². The van der Waals surface area contributed by atoms with Crippen LogP contribution in [0.4, 0.5) is 0 Å². The Morgan fingerprint density at radius 3 is 2.53 bits per heavy atom. The number of benzene rings is 3. The van der Waals surface area contributed by atoms with Gasteiger partial charge in [-0.3, -0.25) is 0 Å². The molecule has 94 valence electrons. The SMILES string of the molecule is C=CCc1c2ccccc2cc2c(Br)c(Br)ccc12. The van der Waals surface area contributed by atoms with Crippen LogP contribution in [0.15, 0.2) is 64.1 Å². The van der Waals surface area contributed by atoms with Crippen molar-refractivity contribution in [3.05, 3.63) is 69.6 Å². The molecule has 0 nitrogen and oxygen atoms in total. The maximum atomic E-state index is 3.89. The Bertz CT molecular complexity index is 788. The van der Waals surface area contributed by atoms with Crippen LogP contribution in [0.3, 0.4) is 0 Å². The predicted octanol–water partition coefficient (Wildman–Crippen LogP) is 6.25. The zero-order valence-corrected chi connectivity index (χ0v) is 13.5. The summed E-state index contributed by atoms with van der Waals surface area (Å²) in [6, 6.07) is 15.0. The quantitative estimate of drug-likeness (QED) is 0.367. The largest absolute Gasteiger partial charge is 0.103 e. The first-order valence-electron chi connectivity index (χ1n) is 6.11. The molecule has 3 rings (SSSR count). The number of rotatable bonds is 2. The number of hydrogen-bond donors (Lipinski definition) is 0. The maximum Gasteiger partial charge on any atom is 0.0396 e. The lowest BCUT2D eigenvalue weighted by atomic mass is 9.95. The summed E-state index contributed by atoms with van der Waals surface area (Å²) in [4.78, 5) is 0. The molecule has 0 spiro atoms. The third kappa shape index (κ3) is 2.13. The van der Waals surface area contributed by atoms with Crippen LogP contribution in [0.25, 0.3) is 21.5 Å². The van der Waals surface area contributed by atoms with E-state index in [0.717, 1.165) is 15.4 Å². The fourth-order valence-electron chi connectivity index (χ4n) is 2.53. The highest BCUT2D eigenvalue weighted by Gasteiger charge is 2.10. The topological polar surface area (TPSA) is 0 Å². The average molecular weight is 376 g/mol. The molecular formula is C17H12Br2. The van der Waals surface area contributed by atoms with Crippen molar-refractivity contribution >= 4 is 53.4 Å². The first-order valence-corrected chi connectivity index (χ1v) is 7.70. The minimum atomic E-state index is 0.881. The van der Waals surface area contributed by atoms with Crippen molar-refractivity contribution in [2.75, 3.05) is 0 Å². The van der Waals surface area contributed by atoms with Gasteiger partial charge in [-0.1, -0.05) is 36.4 Å². The number of allylic oxidation sites excluding steroid dienone is 1. The van der Waals surface area contributed by atoms with Gasteiger partial charge in [0, 0.05) is 8.95 Å². The summed E-state index contributed by atoms with van der Waals surface area (Å²) in [6.45, 7) is 3.89. The van der Waals surface area contributed by atoms with E-state index in [1.54, 1.807) is 0 Å². The third-order valence-electron chi connectivity index (χ3n) is 3.39. The summed E-state index contributed by atoms with van der Waals surface area (Å²) >= 11 is 7.26. The number of halogens is 2. The fourth-order valence-corrected chi connectivity index (χ4v) is 3.34. The molecule has 0 saturated heterocycles. The van der Waals surface area contributed by atoms with Crippen molar-refractivity contribution in [3.63, 3.8) is 0 Å². The van der Waals surface area contributed by atoms with E-state index < -0.39 is 0 Å². The van der Waals surface area contributed by atoms with Crippen LogP contribution in [0.2, 0.25) is 0 Å². The molecule has 2 heteroatoms. The standard InChI is InChI=1S/C17H12Br2/c1-2-5-13-12-7-4-3-6-11(12)10-15-14(13)8-9-16(18)17(15)19/h2-4,6-10H,1,5H2. The van der Waals surface area contributed by atoms with E-state index in [1.807, 2.05) is 6.08 Å². The smallest absolute Gasteiger partial charge is 0.0396 e. The molecule has 0 atom stereocenters. The molecule has 0 aliphatic heterocycles. The second kappa shape index (κ2) is 5.10. The second-order valence-corrected chi connectivity index (χ2v) is 6.17. The fraction of sp³-hybridized carbons (Fsp3) is 0.0588. The van der Waals surface area contributed by atoms with E-state index in [-0.39, 0.29) is 0 Å². The van der Waals surface area contributed by atoms with Crippen LogP contribution in [0.1, 0.15) is 5.56 Å². The van der Waals surface area contributed by atoms with Gasteiger partial charge in [-0.25, -0.2) is 0 Å². The highest BCUT2D eigenvalue weighted by molar-refractivity contribution is 9.13. The van der Waals surface area contributed by atoms with Gasteiger partial charge in [0.15, 0.2) is 0 Å². The summed E-state index contributed by atoms with van der Waals surface area (Å²) in [7, 11) is 0. The van der Waals surface area contributed by atoms with Crippen molar-refractivity contribution in [1.82, 2.24) is 0 Å². The molecule has 0 radical (unpaired) electrons. The van der Waals surface area contributed by atoms with Gasteiger partial charge in [-0.15, -0.1) is 6.58 Å². The molecule has 0 amide bonds. The van der Waals surface area contributed by atoms with Gasteiger partial charge in [-0.05, 0) is 77.5 Å². The molecule has 3 aromatic carbocycles. The van der Waals surface area contributed by atoms with E-state index in [4.69, 9.17) is 0 Å². The summed E-state index contributed by atoms with van der Waals surface area (Å²) in [5.41, 5.74) is 1.34. The molecule has 0 heterocycles. The molecule has 19 heavy (non-hydrogen) atoms. The molecule has 0 aromatic heterocycles. The zero-order chi connectivity index (χ0) is 13.4. The second-order valence-electron chi connectivity index (χ2n) is 4.53. The van der Waals surface area contributed by atoms with Gasteiger partial charge in [0.2, 0.25) is 0 Å². The lowest BCUT2D eigenvalue weighted by Gasteiger charge is -2.12. The molecule has 0 aliphatic carbocycles. The first kappa shape index (κ1) is 12.9. The molecule has 0 fully saturated rings. The minimum Gasteiger partial charge on any atom is -0.103 e. The molecule has 0 bridgehead atoms. The Balaban J connectivity index is 2.54. The number of hydrogen-bond acceptors (Lipinski definition) is 0. The van der Waals surface area contributed by atoms with E-state index >= 15 is 0 Å². The van der Waals surface area contributed by atoms with Crippen LogP contribution in [-0.4, -0.2) is 0 Å². The highest BCUT2D eigenvalue weighted by Crippen LogP contribution is 2.36. The zero-order valence-electron chi connectivity index (χ0n) is 10.3. The molecule has 0 unspecified atom stereocenters. The van der Waals surface area contributed by atoms with Crippen molar-refractivity contribution in [1.29, 1.82) is 0 Å². The first-order chi connectivity index (χ1) is 9.22. The highest BCUT2D eigenvalue weighted by atomic mass is 79.9. The maximum absolute atomic E-state index is 3.89. The van der Waals surface area contributed by atoms with E-state index in [9.17, 15) is 0 Å². The lowest BCUT2D eigenvalue weighted by molar-refractivity contribution is 1.34. The molecule has 3 aromatic rings. The summed E-state index contributed by atoms with van der Waals surface area (Å²) in [6.07, 6.45) is 2.85. The molecule has 0 saturated carbocycles. The van der Waals surface area contributed by atoms with Crippen molar-refractivity contribution in [2.45, 2.75) is 6.42 Å². The molecule has 0 aliphatic rings. The van der Waals surface area contributed by atoms with E-state index in [2.05, 4.69) is 80.9 Å². The third-order valence-corrected chi connectivity index (χ3v) is 5.44. The lowest BCUT2D eigenvalue weighted by Crippen LogP contribution is -1.89. The van der Waals surface area contributed by atoms with Gasteiger partial charge in [0.05, 0.1) is 0 Å². The molecular weight excluding hydrogens is 364 g/mol. The van der Waals surface area contributed by atoms with Crippen LogP contribution in [0.5, 0.6) is 0 Å². The summed E-state index contributed by atoms with van der Waals surface area (Å²) in [5, 5.41) is 5.10. The minimum absolute atomic E-state index is 0.881. The van der Waals surface area contributed by atoms with Gasteiger partial charge in [0.1, 0.15) is 0 Å². The predicted molar refractivity (Wildman–Crippen MR) is 90.8 cm³/mol. The summed E-state index contributed by atoms with van der Waals surface area (Å²) in [5.74, 6) is 0. The van der Waals surface area contributed by atoms with E-state index in [0.29, 0.717) is 0 Å².